The Morgan fingerprint density at radius 1 is 1.47 bits per heavy atom. The summed E-state index contributed by atoms with van der Waals surface area (Å²) in [5, 5.41) is 11.5. The molecule has 1 aromatic heterocycles. The minimum Gasteiger partial charge on any atom is -0.258 e. The van der Waals surface area contributed by atoms with Gasteiger partial charge in [0.2, 0.25) is 0 Å². The molecule has 0 aliphatic rings. The van der Waals surface area contributed by atoms with E-state index in [9.17, 15) is 10.1 Å². The lowest BCUT2D eigenvalue weighted by molar-refractivity contribution is -0.383. The van der Waals surface area contributed by atoms with Gasteiger partial charge in [0.15, 0.2) is 0 Å². The van der Waals surface area contributed by atoms with Crippen LogP contribution < -0.4 is 0 Å². The number of nitrogens with zero attached hydrogens (tertiary/aromatic N) is 2. The SMILES string of the molecule is Cc1cc(Cl)c2c([N+](=O)[O-])cccc2n1. The van der Waals surface area contributed by atoms with E-state index >= 15 is 0 Å². The van der Waals surface area contributed by atoms with Crippen molar-refractivity contribution < 1.29 is 4.92 Å². The fourth-order valence-corrected chi connectivity index (χ4v) is 1.85. The van der Waals surface area contributed by atoms with Crippen LogP contribution in [-0.2, 0) is 0 Å². The topological polar surface area (TPSA) is 56.0 Å². The third-order valence-electron chi connectivity index (χ3n) is 2.09. The summed E-state index contributed by atoms with van der Waals surface area (Å²) >= 11 is 5.97. The Hall–Kier alpha value is -1.68. The molecule has 0 N–H and O–H groups in total. The molecule has 0 amide bonds. The maximum atomic E-state index is 10.8. The van der Waals surface area contributed by atoms with E-state index in [1.54, 1.807) is 25.1 Å². The third-order valence-corrected chi connectivity index (χ3v) is 2.39. The highest BCUT2D eigenvalue weighted by molar-refractivity contribution is 6.36. The van der Waals surface area contributed by atoms with Crippen LogP contribution in [0.2, 0.25) is 5.02 Å². The number of hydrogen-bond acceptors (Lipinski definition) is 3. The van der Waals surface area contributed by atoms with E-state index in [0.717, 1.165) is 5.69 Å². The van der Waals surface area contributed by atoms with Gasteiger partial charge < -0.3 is 0 Å². The molecule has 15 heavy (non-hydrogen) atoms. The monoisotopic (exact) mass is 222 g/mol. The van der Waals surface area contributed by atoms with E-state index in [4.69, 9.17) is 11.6 Å². The second-order valence-electron chi connectivity index (χ2n) is 3.17. The third kappa shape index (κ3) is 1.64. The molecule has 0 aliphatic carbocycles. The van der Waals surface area contributed by atoms with Crippen LogP contribution in [-0.4, -0.2) is 9.91 Å². The van der Waals surface area contributed by atoms with Crippen molar-refractivity contribution in [2.45, 2.75) is 6.92 Å². The van der Waals surface area contributed by atoms with Gasteiger partial charge in [0.1, 0.15) is 0 Å². The lowest BCUT2D eigenvalue weighted by Crippen LogP contribution is -1.92. The molecule has 2 rings (SSSR count). The molecule has 0 aliphatic heterocycles. The number of fused-ring (bicyclic) bond motifs is 1. The quantitative estimate of drug-likeness (QED) is 0.550. The number of hydrogen-bond donors (Lipinski definition) is 0. The zero-order valence-electron chi connectivity index (χ0n) is 7.90. The normalized spacial score (nSPS) is 10.5. The van der Waals surface area contributed by atoms with Gasteiger partial charge in [-0.3, -0.25) is 15.1 Å². The second-order valence-corrected chi connectivity index (χ2v) is 3.58. The van der Waals surface area contributed by atoms with Gasteiger partial charge in [0.25, 0.3) is 5.69 Å². The van der Waals surface area contributed by atoms with Crippen LogP contribution >= 0.6 is 11.6 Å². The van der Waals surface area contributed by atoms with E-state index < -0.39 is 4.92 Å². The molecular formula is C10H7ClN2O2. The van der Waals surface area contributed by atoms with Crippen molar-refractivity contribution in [2.24, 2.45) is 0 Å². The predicted octanol–water partition coefficient (Wildman–Crippen LogP) is 3.10. The number of aryl methyl sites for hydroxylation is 1. The number of halogens is 1. The molecule has 0 saturated carbocycles. The van der Waals surface area contributed by atoms with Gasteiger partial charge in [-0.15, -0.1) is 0 Å². The van der Waals surface area contributed by atoms with Gasteiger partial charge in [-0.25, -0.2) is 0 Å². The van der Waals surface area contributed by atoms with Crippen molar-refractivity contribution in [3.63, 3.8) is 0 Å². The number of nitro groups is 1. The van der Waals surface area contributed by atoms with E-state index in [1.165, 1.54) is 6.07 Å². The lowest BCUT2D eigenvalue weighted by atomic mass is 10.1. The minimum atomic E-state index is -0.453. The molecule has 4 nitrogen and oxygen atoms in total. The number of nitro benzene ring substituents is 1. The molecule has 0 spiro atoms. The van der Waals surface area contributed by atoms with Crippen molar-refractivity contribution in [1.82, 2.24) is 4.98 Å². The van der Waals surface area contributed by atoms with E-state index in [2.05, 4.69) is 4.98 Å². The van der Waals surface area contributed by atoms with Crippen molar-refractivity contribution in [3.8, 4) is 0 Å². The first-order valence-electron chi connectivity index (χ1n) is 4.30. The summed E-state index contributed by atoms with van der Waals surface area (Å²) in [6.07, 6.45) is 0. The molecule has 2 aromatic rings. The Morgan fingerprint density at radius 2 is 2.20 bits per heavy atom. The minimum absolute atomic E-state index is 0.00926. The molecule has 0 unspecified atom stereocenters. The molecule has 0 bridgehead atoms. The number of aromatic nitrogens is 1. The zero-order valence-corrected chi connectivity index (χ0v) is 8.65. The van der Waals surface area contributed by atoms with Crippen molar-refractivity contribution in [3.05, 3.63) is 45.1 Å². The largest absolute Gasteiger partial charge is 0.280 e. The maximum Gasteiger partial charge on any atom is 0.280 e. The van der Waals surface area contributed by atoms with E-state index in [-0.39, 0.29) is 5.69 Å². The van der Waals surface area contributed by atoms with Gasteiger partial charge in [-0.2, -0.15) is 0 Å². The number of non-ortho nitro benzene ring substituents is 1. The van der Waals surface area contributed by atoms with Crippen LogP contribution in [0.1, 0.15) is 5.69 Å². The zero-order chi connectivity index (χ0) is 11.0. The van der Waals surface area contributed by atoms with Gasteiger partial charge in [0.05, 0.1) is 20.8 Å². The number of pyridine rings is 1. The Balaban J connectivity index is 2.91. The summed E-state index contributed by atoms with van der Waals surface area (Å²) in [7, 11) is 0. The average molecular weight is 223 g/mol. The first-order chi connectivity index (χ1) is 7.09. The van der Waals surface area contributed by atoms with Crippen LogP contribution in [0.3, 0.4) is 0 Å². The standard InChI is InChI=1S/C10H7ClN2O2/c1-6-5-7(11)10-8(12-6)3-2-4-9(10)13(14)15/h2-5H,1H3. The van der Waals surface area contributed by atoms with E-state index in [0.29, 0.717) is 15.9 Å². The van der Waals surface area contributed by atoms with Crippen molar-refractivity contribution in [2.75, 3.05) is 0 Å². The van der Waals surface area contributed by atoms with E-state index in [1.807, 2.05) is 0 Å². The fraction of sp³-hybridized carbons (Fsp3) is 0.100. The van der Waals surface area contributed by atoms with Crippen LogP contribution in [0, 0.1) is 17.0 Å². The smallest absolute Gasteiger partial charge is 0.258 e. The molecular weight excluding hydrogens is 216 g/mol. The Labute approximate surface area is 90.7 Å². The average Bonchev–Trinajstić information content (AvgIpc) is 2.16. The molecule has 5 heteroatoms. The van der Waals surface area contributed by atoms with Gasteiger partial charge in [0, 0.05) is 11.8 Å². The van der Waals surface area contributed by atoms with Gasteiger partial charge in [-0.1, -0.05) is 17.7 Å². The summed E-state index contributed by atoms with van der Waals surface area (Å²) in [5.41, 5.74) is 1.28. The molecule has 1 aromatic carbocycles. The van der Waals surface area contributed by atoms with Gasteiger partial charge in [-0.05, 0) is 19.1 Å². The highest BCUT2D eigenvalue weighted by atomic mass is 35.5. The number of benzene rings is 1. The molecule has 0 atom stereocenters. The highest BCUT2D eigenvalue weighted by Gasteiger charge is 2.15. The summed E-state index contributed by atoms with van der Waals surface area (Å²) < 4.78 is 0. The molecule has 0 fully saturated rings. The molecule has 1 heterocycles. The van der Waals surface area contributed by atoms with Crippen molar-refractivity contribution in [1.29, 1.82) is 0 Å². The Bertz CT molecular complexity index is 554. The predicted molar refractivity (Wildman–Crippen MR) is 58.1 cm³/mol. The first kappa shape index (κ1) is 9.86. The summed E-state index contributed by atoms with van der Waals surface area (Å²) in [4.78, 5) is 14.5. The fourth-order valence-electron chi connectivity index (χ4n) is 1.50. The first-order valence-corrected chi connectivity index (χ1v) is 4.67. The second kappa shape index (κ2) is 3.47. The number of rotatable bonds is 1. The highest BCUT2D eigenvalue weighted by Crippen LogP contribution is 2.31. The van der Waals surface area contributed by atoms with Gasteiger partial charge >= 0.3 is 0 Å². The van der Waals surface area contributed by atoms with Crippen LogP contribution in [0.25, 0.3) is 10.9 Å². The van der Waals surface area contributed by atoms with Crippen molar-refractivity contribution >= 4 is 28.2 Å². The maximum absolute atomic E-state index is 10.8. The summed E-state index contributed by atoms with van der Waals surface area (Å²) in [5.74, 6) is 0. The summed E-state index contributed by atoms with van der Waals surface area (Å²) in [6, 6.07) is 6.35. The molecule has 76 valence electrons. The van der Waals surface area contributed by atoms with Crippen LogP contribution in [0.4, 0.5) is 5.69 Å². The molecule has 0 saturated heterocycles. The van der Waals surface area contributed by atoms with Crippen LogP contribution in [0.5, 0.6) is 0 Å². The Morgan fingerprint density at radius 3 is 2.87 bits per heavy atom. The van der Waals surface area contributed by atoms with Crippen LogP contribution in [0.15, 0.2) is 24.3 Å². The lowest BCUT2D eigenvalue weighted by Gasteiger charge is -2.02. The summed E-state index contributed by atoms with van der Waals surface area (Å²) in [6.45, 7) is 1.80. The molecule has 0 radical (unpaired) electrons. The Kier molecular flexibility index (Phi) is 2.28.